The van der Waals surface area contributed by atoms with E-state index in [1.807, 2.05) is 56.8 Å². The summed E-state index contributed by atoms with van der Waals surface area (Å²) in [5.41, 5.74) is 4.49. The Morgan fingerprint density at radius 3 is 2.52 bits per heavy atom. The summed E-state index contributed by atoms with van der Waals surface area (Å²) < 4.78 is 7.45. The van der Waals surface area contributed by atoms with E-state index in [0.29, 0.717) is 19.6 Å². The van der Waals surface area contributed by atoms with E-state index < -0.39 is 0 Å². The number of amides is 1. The van der Waals surface area contributed by atoms with Gasteiger partial charge in [-0.2, -0.15) is 5.10 Å². The highest BCUT2D eigenvalue weighted by Gasteiger charge is 2.11. The topological polar surface area (TPSA) is 56.1 Å². The fraction of sp³-hybridized carbons (Fsp3) is 0.444. The molecule has 0 radical (unpaired) electrons. The van der Waals surface area contributed by atoms with Crippen LogP contribution in [0.5, 0.6) is 5.75 Å². The quantitative estimate of drug-likeness (QED) is 0.799. The maximum absolute atomic E-state index is 11.9. The second-order valence-electron chi connectivity index (χ2n) is 5.78. The first-order valence-electron chi connectivity index (χ1n) is 7.92. The van der Waals surface area contributed by atoms with E-state index in [1.165, 1.54) is 11.1 Å². The van der Waals surface area contributed by atoms with Gasteiger partial charge in [-0.25, -0.2) is 0 Å². The monoisotopic (exact) mass is 315 g/mol. The lowest BCUT2D eigenvalue weighted by Gasteiger charge is -2.08. The molecule has 124 valence electrons. The van der Waals surface area contributed by atoms with Crippen molar-refractivity contribution in [3.8, 4) is 5.75 Å². The molecule has 5 nitrogen and oxygen atoms in total. The van der Waals surface area contributed by atoms with Gasteiger partial charge in [-0.3, -0.25) is 9.48 Å². The van der Waals surface area contributed by atoms with E-state index in [4.69, 9.17) is 4.74 Å². The molecule has 1 heterocycles. The SMILES string of the molecule is Cc1ccc(OCCNC(=O)CCc2c(C)nn(C)c2C)cc1. The molecule has 0 bridgehead atoms. The minimum absolute atomic E-state index is 0.0418. The lowest BCUT2D eigenvalue weighted by atomic mass is 10.1. The van der Waals surface area contributed by atoms with Gasteiger partial charge in [0.15, 0.2) is 0 Å². The van der Waals surface area contributed by atoms with Crippen molar-refractivity contribution in [2.75, 3.05) is 13.2 Å². The number of carbonyl (C=O) groups excluding carboxylic acids is 1. The number of aromatic nitrogens is 2. The van der Waals surface area contributed by atoms with E-state index in [9.17, 15) is 4.79 Å². The fourth-order valence-corrected chi connectivity index (χ4v) is 2.50. The molecular weight excluding hydrogens is 290 g/mol. The Balaban J connectivity index is 1.68. The summed E-state index contributed by atoms with van der Waals surface area (Å²) in [6.45, 7) is 7.03. The first-order chi connectivity index (χ1) is 11.0. The van der Waals surface area contributed by atoms with Crippen LogP contribution in [0.1, 0.15) is 28.9 Å². The summed E-state index contributed by atoms with van der Waals surface area (Å²) in [7, 11) is 1.92. The summed E-state index contributed by atoms with van der Waals surface area (Å²) in [5, 5.41) is 7.26. The van der Waals surface area contributed by atoms with E-state index in [-0.39, 0.29) is 5.91 Å². The Hall–Kier alpha value is -2.30. The predicted molar refractivity (Wildman–Crippen MR) is 90.7 cm³/mol. The molecule has 0 aliphatic rings. The first-order valence-corrected chi connectivity index (χ1v) is 7.92. The first kappa shape index (κ1) is 17.1. The molecule has 1 aromatic carbocycles. The third-order valence-corrected chi connectivity index (χ3v) is 3.97. The fourth-order valence-electron chi connectivity index (χ4n) is 2.50. The van der Waals surface area contributed by atoms with Crippen molar-refractivity contribution >= 4 is 5.91 Å². The number of hydrogen-bond acceptors (Lipinski definition) is 3. The highest BCUT2D eigenvalue weighted by molar-refractivity contribution is 5.76. The molecular formula is C18H25N3O2. The normalized spacial score (nSPS) is 10.6. The zero-order valence-electron chi connectivity index (χ0n) is 14.3. The molecule has 1 N–H and O–H groups in total. The van der Waals surface area contributed by atoms with Gasteiger partial charge in [-0.15, -0.1) is 0 Å². The lowest BCUT2D eigenvalue weighted by molar-refractivity contribution is -0.121. The van der Waals surface area contributed by atoms with Gasteiger partial charge in [0, 0.05) is 19.2 Å². The molecule has 0 fully saturated rings. The second-order valence-corrected chi connectivity index (χ2v) is 5.78. The van der Waals surface area contributed by atoms with E-state index in [2.05, 4.69) is 10.4 Å². The molecule has 2 aromatic rings. The van der Waals surface area contributed by atoms with Crippen molar-refractivity contribution < 1.29 is 9.53 Å². The van der Waals surface area contributed by atoms with Gasteiger partial charge in [0.1, 0.15) is 12.4 Å². The van der Waals surface area contributed by atoms with Crippen molar-refractivity contribution in [2.45, 2.75) is 33.6 Å². The van der Waals surface area contributed by atoms with Crippen LogP contribution in [0.25, 0.3) is 0 Å². The van der Waals surface area contributed by atoms with E-state index >= 15 is 0 Å². The highest BCUT2D eigenvalue weighted by Crippen LogP contribution is 2.14. The van der Waals surface area contributed by atoms with Crippen LogP contribution in [0.2, 0.25) is 0 Å². The average molecular weight is 315 g/mol. The summed E-state index contributed by atoms with van der Waals surface area (Å²) in [4.78, 5) is 11.9. The zero-order chi connectivity index (χ0) is 16.8. The molecule has 23 heavy (non-hydrogen) atoms. The number of ether oxygens (including phenoxy) is 1. The Morgan fingerprint density at radius 2 is 1.91 bits per heavy atom. The smallest absolute Gasteiger partial charge is 0.220 e. The average Bonchev–Trinajstić information content (AvgIpc) is 2.76. The van der Waals surface area contributed by atoms with Crippen LogP contribution in [-0.4, -0.2) is 28.8 Å². The Kier molecular flexibility index (Phi) is 5.79. The molecule has 2 rings (SSSR count). The van der Waals surface area contributed by atoms with Gasteiger partial charge in [0.25, 0.3) is 0 Å². The van der Waals surface area contributed by atoms with Crippen molar-refractivity contribution in [1.29, 1.82) is 0 Å². The van der Waals surface area contributed by atoms with Crippen LogP contribution >= 0.6 is 0 Å². The van der Waals surface area contributed by atoms with Crippen LogP contribution in [-0.2, 0) is 18.3 Å². The number of nitrogens with zero attached hydrogens (tertiary/aromatic N) is 2. The van der Waals surface area contributed by atoms with Gasteiger partial charge in [0.2, 0.25) is 5.91 Å². The number of hydrogen-bond donors (Lipinski definition) is 1. The van der Waals surface area contributed by atoms with E-state index in [0.717, 1.165) is 23.6 Å². The Labute approximate surface area is 137 Å². The molecule has 0 saturated heterocycles. The third-order valence-electron chi connectivity index (χ3n) is 3.97. The van der Waals surface area contributed by atoms with Gasteiger partial charge < -0.3 is 10.1 Å². The molecule has 0 aliphatic carbocycles. The Bertz CT molecular complexity index is 660. The molecule has 0 saturated carbocycles. The summed E-state index contributed by atoms with van der Waals surface area (Å²) in [5.74, 6) is 0.867. The molecule has 0 aliphatic heterocycles. The number of nitrogens with one attached hydrogen (secondary N) is 1. The van der Waals surface area contributed by atoms with Gasteiger partial charge in [-0.1, -0.05) is 17.7 Å². The molecule has 0 atom stereocenters. The van der Waals surface area contributed by atoms with Gasteiger partial charge in [-0.05, 0) is 44.9 Å². The summed E-state index contributed by atoms with van der Waals surface area (Å²) in [6, 6.07) is 7.88. The molecule has 5 heteroatoms. The van der Waals surface area contributed by atoms with Crippen LogP contribution in [0.4, 0.5) is 0 Å². The Morgan fingerprint density at radius 1 is 1.22 bits per heavy atom. The predicted octanol–water partition coefficient (Wildman–Crippen LogP) is 2.47. The molecule has 0 spiro atoms. The minimum Gasteiger partial charge on any atom is -0.492 e. The highest BCUT2D eigenvalue weighted by atomic mass is 16.5. The van der Waals surface area contributed by atoms with E-state index in [1.54, 1.807) is 0 Å². The largest absolute Gasteiger partial charge is 0.492 e. The summed E-state index contributed by atoms with van der Waals surface area (Å²) in [6.07, 6.45) is 1.19. The van der Waals surface area contributed by atoms with Crippen molar-refractivity contribution in [2.24, 2.45) is 7.05 Å². The number of benzene rings is 1. The second kappa shape index (κ2) is 7.81. The maximum atomic E-state index is 11.9. The van der Waals surface area contributed by atoms with Crippen molar-refractivity contribution in [1.82, 2.24) is 15.1 Å². The van der Waals surface area contributed by atoms with Crippen LogP contribution in [0, 0.1) is 20.8 Å². The number of aryl methyl sites for hydroxylation is 3. The van der Waals surface area contributed by atoms with Crippen LogP contribution in [0.15, 0.2) is 24.3 Å². The van der Waals surface area contributed by atoms with Crippen molar-refractivity contribution in [3.05, 3.63) is 46.8 Å². The maximum Gasteiger partial charge on any atom is 0.220 e. The lowest BCUT2D eigenvalue weighted by Crippen LogP contribution is -2.28. The van der Waals surface area contributed by atoms with Crippen LogP contribution in [0.3, 0.4) is 0 Å². The van der Waals surface area contributed by atoms with Crippen molar-refractivity contribution in [3.63, 3.8) is 0 Å². The standard InChI is InChI=1S/C18H25N3O2/c1-13-5-7-16(8-6-13)23-12-11-19-18(22)10-9-17-14(2)20-21(4)15(17)3/h5-8H,9-12H2,1-4H3,(H,19,22). The zero-order valence-corrected chi connectivity index (χ0v) is 14.3. The molecule has 1 aromatic heterocycles. The summed E-state index contributed by atoms with van der Waals surface area (Å²) >= 11 is 0. The van der Waals surface area contributed by atoms with Gasteiger partial charge in [0.05, 0.1) is 12.2 Å². The molecule has 1 amide bonds. The third kappa shape index (κ3) is 4.84. The number of carbonyl (C=O) groups is 1. The van der Waals surface area contributed by atoms with Crippen LogP contribution < -0.4 is 10.1 Å². The van der Waals surface area contributed by atoms with Gasteiger partial charge >= 0.3 is 0 Å². The minimum atomic E-state index is 0.0418. The molecule has 0 unspecified atom stereocenters. The number of rotatable bonds is 7.